The molecule has 0 bridgehead atoms. The lowest BCUT2D eigenvalue weighted by Gasteiger charge is -2.27. The highest BCUT2D eigenvalue weighted by atomic mass is 16.5. The zero-order valence-electron chi connectivity index (χ0n) is 8.66. The van der Waals surface area contributed by atoms with E-state index in [0.717, 1.165) is 5.56 Å². The van der Waals surface area contributed by atoms with E-state index in [-0.39, 0.29) is 6.61 Å². The number of methoxy groups -OCH3 is 1. The molecule has 1 unspecified atom stereocenters. The molecule has 2 N–H and O–H groups in total. The summed E-state index contributed by atoms with van der Waals surface area (Å²) in [5, 5.41) is 13.3. The number of benzene rings is 1. The molecule has 0 aliphatic rings. The number of hydrogen-bond donors (Lipinski definition) is 2. The second-order valence-corrected chi connectivity index (χ2v) is 3.36. The minimum Gasteiger partial charge on any atom is -0.381 e. The van der Waals surface area contributed by atoms with E-state index in [2.05, 4.69) is 5.32 Å². The number of nitrogens with one attached hydrogen (secondary N) is 1. The Kier molecular flexibility index (Phi) is 4.07. The smallest absolute Gasteiger partial charge is 0.125 e. The molecule has 1 rings (SSSR count). The maximum Gasteiger partial charge on any atom is 0.125 e. The van der Waals surface area contributed by atoms with Crippen molar-refractivity contribution >= 4 is 0 Å². The summed E-state index contributed by atoms with van der Waals surface area (Å²) in [6.07, 6.45) is 0. The van der Waals surface area contributed by atoms with Crippen LogP contribution in [0.25, 0.3) is 0 Å². The van der Waals surface area contributed by atoms with E-state index in [4.69, 9.17) is 4.74 Å². The van der Waals surface area contributed by atoms with Crippen LogP contribution in [0, 0.1) is 0 Å². The van der Waals surface area contributed by atoms with Gasteiger partial charge < -0.3 is 15.2 Å². The number of ether oxygens (including phenoxy) is 1. The normalized spacial score (nSPS) is 15.1. The third-order valence-corrected chi connectivity index (χ3v) is 2.16. The summed E-state index contributed by atoms with van der Waals surface area (Å²) in [4.78, 5) is 0. The Bertz CT molecular complexity index is 255. The highest BCUT2D eigenvalue weighted by Gasteiger charge is 2.27. The van der Waals surface area contributed by atoms with Gasteiger partial charge in [-0.2, -0.15) is 0 Å². The topological polar surface area (TPSA) is 41.5 Å². The Balaban J connectivity index is 2.87. The predicted octanol–water partition coefficient (Wildman–Crippen LogP) is 0.740. The highest BCUT2D eigenvalue weighted by Crippen LogP contribution is 2.20. The maximum atomic E-state index is 10.3. The Hall–Kier alpha value is -0.900. The molecule has 0 radical (unpaired) electrons. The van der Waals surface area contributed by atoms with Gasteiger partial charge in [-0.25, -0.2) is 0 Å². The van der Waals surface area contributed by atoms with Gasteiger partial charge in [-0.05, 0) is 12.6 Å². The number of likely N-dealkylation sites (N-methyl/N-ethyl adjacent to an activating group) is 1. The first kappa shape index (κ1) is 11.2. The standard InChI is InChI=1S/C11H17NO2/c1-12-8-11(13,9-14-2)10-6-4-3-5-7-10/h3-7,12-13H,8-9H2,1-2H3. The summed E-state index contributed by atoms with van der Waals surface area (Å²) in [5.74, 6) is 0. The Morgan fingerprint density at radius 1 is 1.36 bits per heavy atom. The lowest BCUT2D eigenvalue weighted by atomic mass is 9.95. The van der Waals surface area contributed by atoms with Gasteiger partial charge in [0.2, 0.25) is 0 Å². The van der Waals surface area contributed by atoms with E-state index in [9.17, 15) is 5.11 Å². The van der Waals surface area contributed by atoms with Crippen LogP contribution in [0.15, 0.2) is 30.3 Å². The van der Waals surface area contributed by atoms with E-state index in [1.54, 1.807) is 7.11 Å². The maximum absolute atomic E-state index is 10.3. The van der Waals surface area contributed by atoms with Crippen LogP contribution >= 0.6 is 0 Å². The fraction of sp³-hybridized carbons (Fsp3) is 0.455. The monoisotopic (exact) mass is 195 g/mol. The van der Waals surface area contributed by atoms with Crippen molar-refractivity contribution < 1.29 is 9.84 Å². The van der Waals surface area contributed by atoms with Crippen LogP contribution in [0.1, 0.15) is 5.56 Å². The lowest BCUT2D eigenvalue weighted by Crippen LogP contribution is -2.40. The van der Waals surface area contributed by atoms with Crippen molar-refractivity contribution in [2.45, 2.75) is 5.60 Å². The SMILES string of the molecule is CNCC(O)(COC)c1ccccc1. The van der Waals surface area contributed by atoms with Crippen LogP contribution < -0.4 is 5.32 Å². The van der Waals surface area contributed by atoms with Crippen LogP contribution in [-0.4, -0.2) is 32.4 Å². The number of hydrogen-bond acceptors (Lipinski definition) is 3. The minimum absolute atomic E-state index is 0.290. The Morgan fingerprint density at radius 2 is 2.00 bits per heavy atom. The van der Waals surface area contributed by atoms with Crippen LogP contribution in [0.5, 0.6) is 0 Å². The van der Waals surface area contributed by atoms with Crippen LogP contribution in [-0.2, 0) is 10.3 Å². The third-order valence-electron chi connectivity index (χ3n) is 2.16. The van der Waals surface area contributed by atoms with E-state index in [1.807, 2.05) is 37.4 Å². The third kappa shape index (κ3) is 2.54. The van der Waals surface area contributed by atoms with Gasteiger partial charge in [0.15, 0.2) is 0 Å². The largest absolute Gasteiger partial charge is 0.381 e. The van der Waals surface area contributed by atoms with Gasteiger partial charge in [-0.15, -0.1) is 0 Å². The molecule has 1 aromatic rings. The minimum atomic E-state index is -0.940. The van der Waals surface area contributed by atoms with Gasteiger partial charge in [0, 0.05) is 13.7 Å². The van der Waals surface area contributed by atoms with Crippen LogP contribution in [0.2, 0.25) is 0 Å². The van der Waals surface area contributed by atoms with E-state index in [0.29, 0.717) is 6.54 Å². The quantitative estimate of drug-likeness (QED) is 0.728. The van der Waals surface area contributed by atoms with Crippen molar-refractivity contribution in [2.24, 2.45) is 0 Å². The van der Waals surface area contributed by atoms with Crippen molar-refractivity contribution in [3.8, 4) is 0 Å². The van der Waals surface area contributed by atoms with Crippen LogP contribution in [0.4, 0.5) is 0 Å². The molecule has 0 heterocycles. The summed E-state index contributed by atoms with van der Waals surface area (Å²) in [6.45, 7) is 0.767. The van der Waals surface area contributed by atoms with Gasteiger partial charge >= 0.3 is 0 Å². The molecule has 0 fully saturated rings. The first-order valence-electron chi connectivity index (χ1n) is 4.64. The predicted molar refractivity (Wildman–Crippen MR) is 56.1 cm³/mol. The zero-order chi connectivity index (χ0) is 10.4. The molecule has 0 saturated carbocycles. The summed E-state index contributed by atoms with van der Waals surface area (Å²) in [7, 11) is 3.40. The van der Waals surface area contributed by atoms with Gasteiger partial charge in [0.25, 0.3) is 0 Å². The first-order chi connectivity index (χ1) is 6.73. The zero-order valence-corrected chi connectivity index (χ0v) is 8.66. The van der Waals surface area contributed by atoms with Crippen molar-refractivity contribution in [1.82, 2.24) is 5.32 Å². The van der Waals surface area contributed by atoms with E-state index in [1.165, 1.54) is 0 Å². The molecule has 0 aliphatic heterocycles. The Labute approximate surface area is 84.7 Å². The summed E-state index contributed by atoms with van der Waals surface area (Å²) < 4.78 is 5.02. The second-order valence-electron chi connectivity index (χ2n) is 3.36. The molecule has 3 heteroatoms. The fourth-order valence-corrected chi connectivity index (χ4v) is 1.52. The molecule has 1 aromatic carbocycles. The van der Waals surface area contributed by atoms with Crippen molar-refractivity contribution in [3.05, 3.63) is 35.9 Å². The molecule has 14 heavy (non-hydrogen) atoms. The molecular formula is C11H17NO2. The highest BCUT2D eigenvalue weighted by molar-refractivity contribution is 5.22. The molecular weight excluding hydrogens is 178 g/mol. The fourth-order valence-electron chi connectivity index (χ4n) is 1.52. The molecule has 0 saturated heterocycles. The Morgan fingerprint density at radius 3 is 2.50 bits per heavy atom. The molecule has 0 aliphatic carbocycles. The van der Waals surface area contributed by atoms with Gasteiger partial charge in [-0.3, -0.25) is 0 Å². The molecule has 0 aromatic heterocycles. The van der Waals surface area contributed by atoms with Crippen molar-refractivity contribution in [2.75, 3.05) is 27.3 Å². The van der Waals surface area contributed by atoms with Crippen molar-refractivity contribution in [3.63, 3.8) is 0 Å². The van der Waals surface area contributed by atoms with Crippen LogP contribution in [0.3, 0.4) is 0 Å². The molecule has 0 amide bonds. The lowest BCUT2D eigenvalue weighted by molar-refractivity contribution is -0.0333. The summed E-state index contributed by atoms with van der Waals surface area (Å²) in [5.41, 5.74) is -0.0682. The van der Waals surface area contributed by atoms with Crippen molar-refractivity contribution in [1.29, 1.82) is 0 Å². The van der Waals surface area contributed by atoms with Gasteiger partial charge in [0.05, 0.1) is 6.61 Å². The average molecular weight is 195 g/mol. The first-order valence-corrected chi connectivity index (χ1v) is 4.64. The van der Waals surface area contributed by atoms with E-state index >= 15 is 0 Å². The molecule has 1 atom stereocenters. The average Bonchev–Trinajstić information content (AvgIpc) is 2.20. The van der Waals surface area contributed by atoms with Gasteiger partial charge in [-0.1, -0.05) is 30.3 Å². The summed E-state index contributed by atoms with van der Waals surface area (Å²) >= 11 is 0. The molecule has 3 nitrogen and oxygen atoms in total. The summed E-state index contributed by atoms with van der Waals surface area (Å²) in [6, 6.07) is 9.54. The molecule has 0 spiro atoms. The van der Waals surface area contributed by atoms with E-state index < -0.39 is 5.60 Å². The second kappa shape index (κ2) is 5.10. The molecule has 78 valence electrons. The number of rotatable bonds is 5. The number of aliphatic hydroxyl groups is 1. The van der Waals surface area contributed by atoms with Gasteiger partial charge in [0.1, 0.15) is 5.60 Å².